The van der Waals surface area contributed by atoms with Gasteiger partial charge in [-0.25, -0.2) is 9.59 Å². The molecule has 288 valence electrons. The monoisotopic (exact) mass is 742 g/mol. The quantitative estimate of drug-likeness (QED) is 0.409. The number of ketones is 1. The number of phenolic OH excluding ortho intramolecular Hbond substituents is 1. The maximum atomic E-state index is 14.1. The average molecular weight is 743 g/mol. The number of carbonyl (C=O) groups excluding carboxylic acids is 4. The number of hydrogen-bond donors (Lipinski definition) is 2. The van der Waals surface area contributed by atoms with Gasteiger partial charge in [0, 0.05) is 83.1 Å². The molecule has 0 aromatic heterocycles. The van der Waals surface area contributed by atoms with Gasteiger partial charge in [-0.1, -0.05) is 30.3 Å². The van der Waals surface area contributed by atoms with Crippen LogP contribution in [0.2, 0.25) is 0 Å². The Morgan fingerprint density at radius 3 is 2.11 bits per heavy atom. The Bertz CT molecular complexity index is 1640. The summed E-state index contributed by atoms with van der Waals surface area (Å²) in [5.41, 5.74) is 3.98. The fraction of sp³-hybridized carbons (Fsp3) is 0.579. The summed E-state index contributed by atoms with van der Waals surface area (Å²) in [4.78, 5) is 61.2. The van der Waals surface area contributed by atoms with Gasteiger partial charge >= 0.3 is 18.3 Å². The average Bonchev–Trinajstić information content (AvgIpc) is 3.31. The number of para-hydroxylation sites is 1. The Balaban J connectivity index is 1.05. The number of ether oxygens (including phenoxy) is 1. The number of likely N-dealkylation sites (tertiary alicyclic amines) is 2. The van der Waals surface area contributed by atoms with E-state index < -0.39 is 30.7 Å². The van der Waals surface area contributed by atoms with Crippen molar-refractivity contribution < 1.29 is 42.2 Å². The second-order valence-electron chi connectivity index (χ2n) is 14.7. The van der Waals surface area contributed by atoms with Crippen LogP contribution in [-0.4, -0.2) is 143 Å². The molecular formula is C38H49F3N6O6. The van der Waals surface area contributed by atoms with E-state index in [1.165, 1.54) is 4.90 Å². The summed E-state index contributed by atoms with van der Waals surface area (Å²) in [5.74, 6) is -1.86. The van der Waals surface area contributed by atoms with Gasteiger partial charge in [0.2, 0.25) is 5.78 Å². The first-order chi connectivity index (χ1) is 25.3. The zero-order chi connectivity index (χ0) is 37.9. The number of piperazine rings is 1. The first-order valence-electron chi connectivity index (χ1n) is 18.5. The zero-order valence-electron chi connectivity index (χ0n) is 30.4. The molecule has 15 heteroatoms. The Morgan fingerprint density at radius 1 is 0.868 bits per heavy atom. The summed E-state index contributed by atoms with van der Waals surface area (Å²) in [7, 11) is 0. The smallest absolute Gasteiger partial charge is 0.451 e. The normalized spacial score (nSPS) is 20.4. The number of rotatable bonds is 8. The van der Waals surface area contributed by atoms with Crippen molar-refractivity contribution in [2.24, 2.45) is 0 Å². The minimum Gasteiger partial charge on any atom is -0.507 e. The number of hydrogen-bond acceptors (Lipinski definition) is 8. The number of phenols is 1. The number of anilines is 1. The number of alkyl halides is 3. The molecule has 53 heavy (non-hydrogen) atoms. The van der Waals surface area contributed by atoms with Gasteiger partial charge < -0.3 is 29.9 Å². The minimum atomic E-state index is -4.83. The van der Waals surface area contributed by atoms with Crippen LogP contribution in [0.4, 0.5) is 28.4 Å². The summed E-state index contributed by atoms with van der Waals surface area (Å²) >= 11 is 0. The number of benzene rings is 2. The number of piperidine rings is 2. The Morgan fingerprint density at radius 2 is 1.47 bits per heavy atom. The number of fused-ring (bicyclic) bond motifs is 1. The standard InChI is InChI=1S/C38H49F3N6O6/c1-25-21-27(22-26(2)34(25)49)23-32(35(50)45-12-8-29(9-13-45)44-19-17-43(18-20-44)24-33(48)38(39,40)41)53-37(52)46-14-10-30(11-15-46)47-16-7-28-5-3-4-6-31(28)42-36(47)51/h3-6,21-22,29-30,32,49H,7-20,23-24H2,1-2H3,(H,42,51). The molecule has 0 spiro atoms. The molecule has 2 aromatic carbocycles. The van der Waals surface area contributed by atoms with Crippen LogP contribution in [0.5, 0.6) is 5.75 Å². The molecule has 4 aliphatic heterocycles. The van der Waals surface area contributed by atoms with E-state index in [2.05, 4.69) is 10.2 Å². The molecule has 6 rings (SSSR count). The highest BCUT2D eigenvalue weighted by Crippen LogP contribution is 2.28. The molecule has 1 atom stereocenters. The van der Waals surface area contributed by atoms with Gasteiger partial charge in [0.1, 0.15) is 5.75 Å². The van der Waals surface area contributed by atoms with Crippen LogP contribution in [0.15, 0.2) is 36.4 Å². The summed E-state index contributed by atoms with van der Waals surface area (Å²) in [6.45, 7) is 6.93. The molecule has 0 aliphatic carbocycles. The number of amides is 4. The maximum absolute atomic E-state index is 14.1. The summed E-state index contributed by atoms with van der Waals surface area (Å²) in [6.07, 6.45) is -3.16. The first-order valence-corrected chi connectivity index (χ1v) is 18.5. The first kappa shape index (κ1) is 38.4. The number of Topliss-reactive ketones (excluding diaryl/α,β-unsaturated/α-hetero) is 1. The SMILES string of the molecule is Cc1cc(CC(OC(=O)N2CCC(N3CCc4ccccc4NC3=O)CC2)C(=O)N2CCC(N3CCN(CC(=O)C(F)(F)F)CC3)CC2)cc(C)c1O. The molecule has 0 saturated carbocycles. The molecule has 3 saturated heterocycles. The molecule has 0 bridgehead atoms. The van der Waals surface area contributed by atoms with Gasteiger partial charge in [-0.2, -0.15) is 13.2 Å². The van der Waals surface area contributed by atoms with Crippen LogP contribution in [0.3, 0.4) is 0 Å². The van der Waals surface area contributed by atoms with Crippen molar-refractivity contribution in [3.63, 3.8) is 0 Å². The number of halogens is 3. The molecule has 12 nitrogen and oxygen atoms in total. The zero-order valence-corrected chi connectivity index (χ0v) is 30.4. The molecule has 2 N–H and O–H groups in total. The maximum Gasteiger partial charge on any atom is 0.451 e. The molecule has 3 fully saturated rings. The topological polar surface area (TPSA) is 126 Å². The van der Waals surface area contributed by atoms with E-state index >= 15 is 0 Å². The predicted molar refractivity (Wildman–Crippen MR) is 191 cm³/mol. The van der Waals surface area contributed by atoms with Crippen molar-refractivity contribution in [2.75, 3.05) is 70.8 Å². The molecule has 4 heterocycles. The third-order valence-corrected chi connectivity index (χ3v) is 11.2. The van der Waals surface area contributed by atoms with Crippen LogP contribution in [-0.2, 0) is 27.2 Å². The molecule has 2 aromatic rings. The predicted octanol–water partition coefficient (Wildman–Crippen LogP) is 4.35. The van der Waals surface area contributed by atoms with E-state index in [0.29, 0.717) is 95.7 Å². The van der Waals surface area contributed by atoms with Crippen LogP contribution in [0.25, 0.3) is 0 Å². The number of carbonyl (C=O) groups is 4. The second kappa shape index (κ2) is 16.3. The molecular weight excluding hydrogens is 693 g/mol. The lowest BCUT2D eigenvalue weighted by molar-refractivity contribution is -0.172. The Labute approximate surface area is 307 Å². The number of nitrogens with zero attached hydrogens (tertiary/aromatic N) is 5. The van der Waals surface area contributed by atoms with Gasteiger partial charge in [0.05, 0.1) is 6.54 Å². The van der Waals surface area contributed by atoms with Crippen molar-refractivity contribution in [2.45, 2.75) is 76.7 Å². The van der Waals surface area contributed by atoms with E-state index in [0.717, 1.165) is 23.2 Å². The van der Waals surface area contributed by atoms with Crippen molar-refractivity contribution in [1.82, 2.24) is 24.5 Å². The molecule has 4 amide bonds. The minimum absolute atomic E-state index is 0.0413. The highest BCUT2D eigenvalue weighted by Gasteiger charge is 2.40. The van der Waals surface area contributed by atoms with Crippen molar-refractivity contribution in [3.8, 4) is 5.75 Å². The van der Waals surface area contributed by atoms with E-state index in [1.807, 2.05) is 29.2 Å². The lowest BCUT2D eigenvalue weighted by Gasteiger charge is -2.43. The summed E-state index contributed by atoms with van der Waals surface area (Å²) in [5, 5.41) is 13.4. The van der Waals surface area contributed by atoms with Crippen molar-refractivity contribution in [3.05, 3.63) is 58.7 Å². The van der Waals surface area contributed by atoms with Crippen LogP contribution in [0.1, 0.15) is 47.9 Å². The lowest BCUT2D eigenvalue weighted by atomic mass is 9.98. The van der Waals surface area contributed by atoms with Crippen LogP contribution >= 0.6 is 0 Å². The Kier molecular flexibility index (Phi) is 11.8. The van der Waals surface area contributed by atoms with E-state index in [1.54, 1.807) is 35.8 Å². The van der Waals surface area contributed by atoms with Gasteiger partial charge in [-0.3, -0.25) is 19.4 Å². The molecule has 0 radical (unpaired) electrons. The third-order valence-electron chi connectivity index (χ3n) is 11.2. The van der Waals surface area contributed by atoms with Crippen LogP contribution < -0.4 is 5.32 Å². The largest absolute Gasteiger partial charge is 0.507 e. The second-order valence-corrected chi connectivity index (χ2v) is 14.7. The van der Waals surface area contributed by atoms with E-state index in [4.69, 9.17) is 4.74 Å². The summed E-state index contributed by atoms with van der Waals surface area (Å²) in [6, 6.07) is 11.3. The number of urea groups is 1. The number of aromatic hydroxyl groups is 1. The molecule has 4 aliphatic rings. The van der Waals surface area contributed by atoms with E-state index in [9.17, 15) is 37.5 Å². The van der Waals surface area contributed by atoms with Crippen LogP contribution in [0, 0.1) is 13.8 Å². The number of nitrogens with one attached hydrogen (secondary N) is 1. The fourth-order valence-corrected chi connectivity index (χ4v) is 8.09. The van der Waals surface area contributed by atoms with E-state index in [-0.39, 0.29) is 36.2 Å². The highest BCUT2D eigenvalue weighted by molar-refractivity contribution is 5.91. The highest BCUT2D eigenvalue weighted by atomic mass is 19.4. The van der Waals surface area contributed by atoms with Gasteiger partial charge in [-0.15, -0.1) is 0 Å². The lowest BCUT2D eigenvalue weighted by Crippen LogP contribution is -2.56. The van der Waals surface area contributed by atoms with Crippen molar-refractivity contribution >= 4 is 29.5 Å². The Hall–Kier alpha value is -4.37. The summed E-state index contributed by atoms with van der Waals surface area (Å²) < 4.78 is 44.2. The number of aryl methyl sites for hydroxylation is 2. The third kappa shape index (κ3) is 9.23. The van der Waals surface area contributed by atoms with Gasteiger partial charge in [0.15, 0.2) is 6.10 Å². The van der Waals surface area contributed by atoms with Gasteiger partial charge in [-0.05, 0) is 74.3 Å². The van der Waals surface area contributed by atoms with Crippen molar-refractivity contribution in [1.29, 1.82) is 0 Å². The fourth-order valence-electron chi connectivity index (χ4n) is 8.09. The van der Waals surface area contributed by atoms with Gasteiger partial charge in [0.25, 0.3) is 5.91 Å². The molecule has 1 unspecified atom stereocenters.